The number of benzene rings is 2. The molecule has 2 aromatic rings. The molecule has 2 rings (SSSR count). The Bertz CT molecular complexity index is 653. The average Bonchev–Trinajstić information content (AvgIpc) is 2.42. The van der Waals surface area contributed by atoms with Crippen molar-refractivity contribution >= 4 is 40.8 Å². The zero-order chi connectivity index (χ0) is 15.4. The average molecular weight is 350 g/mol. The van der Waals surface area contributed by atoms with E-state index in [4.69, 9.17) is 44.3 Å². The fourth-order valence-corrected chi connectivity index (χ4v) is 2.36. The normalized spacial score (nSPS) is 10.3. The van der Waals surface area contributed by atoms with E-state index in [1.807, 2.05) is 0 Å². The number of carbonyl (C=O) groups excluding carboxylic acids is 1. The maximum absolute atomic E-state index is 13.3. The van der Waals surface area contributed by atoms with Crippen LogP contribution in [0.5, 0.6) is 11.5 Å². The molecule has 0 aliphatic rings. The number of esters is 1. The second-order valence-electron chi connectivity index (χ2n) is 3.89. The summed E-state index contributed by atoms with van der Waals surface area (Å²) in [6, 6.07) is 8.47. The first-order chi connectivity index (χ1) is 9.97. The van der Waals surface area contributed by atoms with E-state index in [0.29, 0.717) is 5.02 Å². The van der Waals surface area contributed by atoms with Crippen LogP contribution in [0.3, 0.4) is 0 Å². The zero-order valence-electron chi connectivity index (χ0n) is 10.4. The summed E-state index contributed by atoms with van der Waals surface area (Å²) in [6.45, 7) is -0.490. The van der Waals surface area contributed by atoms with Gasteiger partial charge in [-0.2, -0.15) is 0 Å². The molecule has 0 saturated carbocycles. The molecule has 0 N–H and O–H groups in total. The van der Waals surface area contributed by atoms with Gasteiger partial charge in [0, 0.05) is 5.02 Å². The topological polar surface area (TPSA) is 35.5 Å². The van der Waals surface area contributed by atoms with Crippen molar-refractivity contribution in [2.75, 3.05) is 6.61 Å². The van der Waals surface area contributed by atoms with Gasteiger partial charge in [0.25, 0.3) is 0 Å². The SMILES string of the molecule is O=C(COc1ccccc1F)Oc1c(Cl)cc(Cl)cc1Cl. The molecular formula is C14H8Cl3FO3. The number of hydrogen-bond acceptors (Lipinski definition) is 3. The van der Waals surface area contributed by atoms with Crippen molar-refractivity contribution in [3.63, 3.8) is 0 Å². The minimum atomic E-state index is -0.774. The summed E-state index contributed by atoms with van der Waals surface area (Å²) in [4.78, 5) is 11.7. The van der Waals surface area contributed by atoms with E-state index in [9.17, 15) is 9.18 Å². The van der Waals surface area contributed by atoms with Crippen LogP contribution in [0.25, 0.3) is 0 Å². The highest BCUT2D eigenvalue weighted by atomic mass is 35.5. The molecule has 0 aliphatic carbocycles. The first kappa shape index (κ1) is 15.9. The summed E-state index contributed by atoms with van der Waals surface area (Å²) in [5.74, 6) is -1.43. The van der Waals surface area contributed by atoms with Crippen LogP contribution in [-0.4, -0.2) is 12.6 Å². The van der Waals surface area contributed by atoms with Gasteiger partial charge >= 0.3 is 5.97 Å². The molecule has 7 heteroatoms. The number of rotatable bonds is 4. The minimum absolute atomic E-state index is 0.0233. The van der Waals surface area contributed by atoms with Gasteiger partial charge in [0.15, 0.2) is 23.9 Å². The number of ether oxygens (including phenoxy) is 2. The van der Waals surface area contributed by atoms with Crippen molar-refractivity contribution in [2.45, 2.75) is 0 Å². The summed E-state index contributed by atoms with van der Waals surface area (Å²) in [7, 11) is 0. The second-order valence-corrected chi connectivity index (χ2v) is 5.14. The largest absolute Gasteiger partial charge is 0.479 e. The lowest BCUT2D eigenvalue weighted by atomic mass is 10.3. The van der Waals surface area contributed by atoms with Crippen molar-refractivity contribution in [1.82, 2.24) is 0 Å². The van der Waals surface area contributed by atoms with Gasteiger partial charge in [-0.1, -0.05) is 46.9 Å². The highest BCUT2D eigenvalue weighted by molar-refractivity contribution is 6.40. The first-order valence-corrected chi connectivity index (χ1v) is 6.83. The molecule has 0 bridgehead atoms. The molecule has 0 heterocycles. The van der Waals surface area contributed by atoms with Gasteiger partial charge < -0.3 is 9.47 Å². The maximum atomic E-state index is 13.3. The van der Waals surface area contributed by atoms with E-state index in [-0.39, 0.29) is 21.5 Å². The lowest BCUT2D eigenvalue weighted by Crippen LogP contribution is -2.18. The van der Waals surface area contributed by atoms with E-state index in [2.05, 4.69) is 0 Å². The highest BCUT2D eigenvalue weighted by Crippen LogP contribution is 2.35. The quantitative estimate of drug-likeness (QED) is 0.589. The van der Waals surface area contributed by atoms with Crippen LogP contribution >= 0.6 is 34.8 Å². The summed E-state index contributed by atoms with van der Waals surface area (Å²) >= 11 is 17.5. The summed E-state index contributed by atoms with van der Waals surface area (Å²) in [5.41, 5.74) is 0. The van der Waals surface area contributed by atoms with Crippen molar-refractivity contribution in [3.05, 3.63) is 57.3 Å². The Morgan fingerprint density at radius 3 is 2.33 bits per heavy atom. The Kier molecular flexibility index (Phi) is 5.28. The van der Waals surface area contributed by atoms with Gasteiger partial charge in [-0.15, -0.1) is 0 Å². The van der Waals surface area contributed by atoms with Gasteiger partial charge in [-0.05, 0) is 24.3 Å². The third kappa shape index (κ3) is 4.24. The molecule has 0 radical (unpaired) electrons. The molecule has 0 aliphatic heterocycles. The monoisotopic (exact) mass is 348 g/mol. The Hall–Kier alpha value is -1.49. The first-order valence-electron chi connectivity index (χ1n) is 5.70. The molecule has 21 heavy (non-hydrogen) atoms. The highest BCUT2D eigenvalue weighted by Gasteiger charge is 2.15. The van der Waals surface area contributed by atoms with Crippen molar-refractivity contribution in [2.24, 2.45) is 0 Å². The van der Waals surface area contributed by atoms with Crippen molar-refractivity contribution in [3.8, 4) is 11.5 Å². The molecule has 0 aromatic heterocycles. The van der Waals surface area contributed by atoms with Crippen LogP contribution < -0.4 is 9.47 Å². The van der Waals surface area contributed by atoms with Gasteiger partial charge in [0.05, 0.1) is 10.0 Å². The van der Waals surface area contributed by atoms with E-state index < -0.39 is 18.4 Å². The van der Waals surface area contributed by atoms with Crippen LogP contribution in [-0.2, 0) is 4.79 Å². The Labute approximate surface area is 135 Å². The Morgan fingerprint density at radius 1 is 1.10 bits per heavy atom. The van der Waals surface area contributed by atoms with E-state index in [1.54, 1.807) is 6.07 Å². The smallest absolute Gasteiger partial charge is 0.349 e. The van der Waals surface area contributed by atoms with E-state index in [0.717, 1.165) is 0 Å². The van der Waals surface area contributed by atoms with Crippen LogP contribution in [0.15, 0.2) is 36.4 Å². The van der Waals surface area contributed by atoms with Gasteiger partial charge in [-0.3, -0.25) is 0 Å². The Morgan fingerprint density at radius 2 is 1.71 bits per heavy atom. The number of para-hydroxylation sites is 1. The summed E-state index contributed by atoms with van der Waals surface area (Å²) < 4.78 is 23.3. The van der Waals surface area contributed by atoms with Crippen LogP contribution in [0.2, 0.25) is 15.1 Å². The molecule has 0 spiro atoms. The van der Waals surface area contributed by atoms with Gasteiger partial charge in [-0.25, -0.2) is 9.18 Å². The molecule has 0 amide bonds. The summed E-state index contributed by atoms with van der Waals surface area (Å²) in [6.07, 6.45) is 0. The standard InChI is InChI=1S/C14H8Cl3FO3/c15-8-5-9(16)14(10(17)6-8)21-13(19)7-20-12-4-2-1-3-11(12)18/h1-6H,7H2. The van der Waals surface area contributed by atoms with E-state index >= 15 is 0 Å². The molecule has 0 unspecified atom stereocenters. The zero-order valence-corrected chi connectivity index (χ0v) is 12.7. The third-order valence-corrected chi connectivity index (χ3v) is 3.14. The lowest BCUT2D eigenvalue weighted by molar-refractivity contribution is -0.136. The number of halogens is 4. The fourth-order valence-electron chi connectivity index (χ4n) is 1.47. The molecular weight excluding hydrogens is 342 g/mol. The number of hydrogen-bond donors (Lipinski definition) is 0. The molecule has 2 aromatic carbocycles. The second kappa shape index (κ2) is 6.98. The number of carbonyl (C=O) groups is 1. The van der Waals surface area contributed by atoms with Gasteiger partial charge in [0.2, 0.25) is 0 Å². The lowest BCUT2D eigenvalue weighted by Gasteiger charge is -2.10. The molecule has 0 atom stereocenters. The summed E-state index contributed by atoms with van der Waals surface area (Å²) in [5, 5.41) is 0.492. The molecule has 0 saturated heterocycles. The molecule has 0 fully saturated rings. The van der Waals surface area contributed by atoms with E-state index in [1.165, 1.54) is 30.3 Å². The molecule has 3 nitrogen and oxygen atoms in total. The van der Waals surface area contributed by atoms with Crippen molar-refractivity contribution < 1.29 is 18.7 Å². The predicted octanol–water partition coefficient (Wildman–Crippen LogP) is 4.77. The molecule has 110 valence electrons. The van der Waals surface area contributed by atoms with Crippen LogP contribution in [0, 0.1) is 5.82 Å². The maximum Gasteiger partial charge on any atom is 0.349 e. The van der Waals surface area contributed by atoms with Gasteiger partial charge in [0.1, 0.15) is 0 Å². The third-order valence-electron chi connectivity index (χ3n) is 2.36. The van der Waals surface area contributed by atoms with Crippen LogP contribution in [0.1, 0.15) is 0 Å². The van der Waals surface area contributed by atoms with Crippen molar-refractivity contribution in [1.29, 1.82) is 0 Å². The Balaban J connectivity index is 2.01. The fraction of sp³-hybridized carbons (Fsp3) is 0.0714. The minimum Gasteiger partial charge on any atom is -0.479 e. The predicted molar refractivity (Wildman–Crippen MR) is 79.0 cm³/mol. The van der Waals surface area contributed by atoms with Crippen LogP contribution in [0.4, 0.5) is 4.39 Å².